The standard InChI is InChI=1S/C14H19NO4/c1-14(2,3)13(18)15(9-12(16)17)10-6-5-7-11(8-10)19-4/h5-8H,9H2,1-4H3,(H,16,17). The van der Waals surface area contributed by atoms with Crippen molar-refractivity contribution in [2.24, 2.45) is 5.41 Å². The first-order chi connectivity index (χ1) is 8.75. The van der Waals surface area contributed by atoms with Gasteiger partial charge in [0.2, 0.25) is 5.91 Å². The van der Waals surface area contributed by atoms with Crippen molar-refractivity contribution in [3.63, 3.8) is 0 Å². The van der Waals surface area contributed by atoms with Crippen molar-refractivity contribution in [2.75, 3.05) is 18.6 Å². The van der Waals surface area contributed by atoms with Crippen LogP contribution in [0.2, 0.25) is 0 Å². The van der Waals surface area contributed by atoms with Crippen molar-refractivity contribution in [1.29, 1.82) is 0 Å². The lowest BCUT2D eigenvalue weighted by Gasteiger charge is -2.28. The van der Waals surface area contributed by atoms with Crippen molar-refractivity contribution >= 4 is 17.6 Å². The summed E-state index contributed by atoms with van der Waals surface area (Å²) in [5.74, 6) is -0.724. The molecule has 1 aromatic rings. The third kappa shape index (κ3) is 3.98. The average molecular weight is 265 g/mol. The smallest absolute Gasteiger partial charge is 0.323 e. The topological polar surface area (TPSA) is 66.8 Å². The lowest BCUT2D eigenvalue weighted by molar-refractivity contribution is -0.137. The molecular weight excluding hydrogens is 246 g/mol. The summed E-state index contributed by atoms with van der Waals surface area (Å²) in [6, 6.07) is 6.80. The third-order valence-corrected chi connectivity index (χ3v) is 2.55. The Morgan fingerprint density at radius 2 is 1.95 bits per heavy atom. The van der Waals surface area contributed by atoms with E-state index in [1.165, 1.54) is 12.0 Å². The Labute approximate surface area is 112 Å². The number of hydrogen-bond donors (Lipinski definition) is 1. The minimum absolute atomic E-state index is 0.247. The van der Waals surface area contributed by atoms with E-state index in [2.05, 4.69) is 0 Å². The summed E-state index contributed by atoms with van der Waals surface area (Å²) < 4.78 is 5.09. The molecule has 0 atom stereocenters. The maximum atomic E-state index is 12.3. The van der Waals surface area contributed by atoms with Gasteiger partial charge in [-0.05, 0) is 12.1 Å². The van der Waals surface area contributed by atoms with Crippen LogP contribution < -0.4 is 9.64 Å². The number of benzene rings is 1. The Hall–Kier alpha value is -2.04. The van der Waals surface area contributed by atoms with Gasteiger partial charge in [-0.3, -0.25) is 9.59 Å². The van der Waals surface area contributed by atoms with Crippen LogP contribution in [0.1, 0.15) is 20.8 Å². The molecule has 1 N–H and O–H groups in total. The Bertz CT molecular complexity index is 477. The lowest BCUT2D eigenvalue weighted by Crippen LogP contribution is -2.42. The molecule has 0 unspecified atom stereocenters. The molecule has 19 heavy (non-hydrogen) atoms. The number of aliphatic carboxylic acids is 1. The van der Waals surface area contributed by atoms with E-state index in [9.17, 15) is 9.59 Å². The summed E-state index contributed by atoms with van der Waals surface area (Å²) in [6.45, 7) is 4.89. The number of amides is 1. The monoisotopic (exact) mass is 265 g/mol. The van der Waals surface area contributed by atoms with Crippen molar-refractivity contribution in [1.82, 2.24) is 0 Å². The summed E-state index contributed by atoms with van der Waals surface area (Å²) in [5.41, 5.74) is -0.139. The molecule has 0 aliphatic rings. The van der Waals surface area contributed by atoms with Crippen LogP contribution in [0.15, 0.2) is 24.3 Å². The summed E-state index contributed by atoms with van der Waals surface area (Å²) in [5, 5.41) is 8.96. The van der Waals surface area contributed by atoms with E-state index in [0.717, 1.165) is 0 Å². The maximum absolute atomic E-state index is 12.3. The van der Waals surface area contributed by atoms with Crippen molar-refractivity contribution < 1.29 is 19.4 Å². The Kier molecular flexibility index (Phi) is 4.53. The number of carbonyl (C=O) groups is 2. The zero-order valence-corrected chi connectivity index (χ0v) is 11.6. The Morgan fingerprint density at radius 1 is 1.32 bits per heavy atom. The molecule has 0 bridgehead atoms. The van der Waals surface area contributed by atoms with Crippen LogP contribution >= 0.6 is 0 Å². The molecule has 0 saturated heterocycles. The number of hydrogen-bond acceptors (Lipinski definition) is 3. The van der Waals surface area contributed by atoms with Crippen LogP contribution in [-0.4, -0.2) is 30.6 Å². The molecule has 104 valence electrons. The zero-order chi connectivity index (χ0) is 14.6. The Morgan fingerprint density at radius 3 is 2.42 bits per heavy atom. The molecule has 1 rings (SSSR count). The molecule has 0 radical (unpaired) electrons. The van der Waals surface area contributed by atoms with Gasteiger partial charge in [0.1, 0.15) is 12.3 Å². The Balaban J connectivity index is 3.16. The molecule has 5 heteroatoms. The molecule has 0 aliphatic carbocycles. The van der Waals surface area contributed by atoms with E-state index in [4.69, 9.17) is 9.84 Å². The van der Waals surface area contributed by atoms with Gasteiger partial charge in [0.15, 0.2) is 0 Å². The van der Waals surface area contributed by atoms with Crippen molar-refractivity contribution in [3.8, 4) is 5.75 Å². The first-order valence-corrected chi connectivity index (χ1v) is 5.93. The quantitative estimate of drug-likeness (QED) is 0.906. The molecule has 0 spiro atoms. The lowest BCUT2D eigenvalue weighted by atomic mass is 9.94. The number of carboxylic acid groups (broad SMARTS) is 1. The highest BCUT2D eigenvalue weighted by molar-refractivity contribution is 6.00. The highest BCUT2D eigenvalue weighted by Crippen LogP contribution is 2.26. The minimum Gasteiger partial charge on any atom is -0.497 e. The molecule has 0 fully saturated rings. The second-order valence-electron chi connectivity index (χ2n) is 5.24. The number of anilines is 1. The normalized spacial score (nSPS) is 10.9. The molecule has 1 amide bonds. The predicted molar refractivity (Wildman–Crippen MR) is 72.4 cm³/mol. The maximum Gasteiger partial charge on any atom is 0.323 e. The zero-order valence-electron chi connectivity index (χ0n) is 11.6. The van der Waals surface area contributed by atoms with Crippen LogP contribution in [0.3, 0.4) is 0 Å². The average Bonchev–Trinajstić information content (AvgIpc) is 2.34. The predicted octanol–water partition coefficient (Wildman–Crippen LogP) is 2.16. The van der Waals surface area contributed by atoms with Gasteiger partial charge in [0.25, 0.3) is 0 Å². The first-order valence-electron chi connectivity index (χ1n) is 5.93. The summed E-state index contributed by atoms with van der Waals surface area (Å²) in [7, 11) is 1.52. The molecular formula is C14H19NO4. The van der Waals surface area contributed by atoms with E-state index in [1.807, 2.05) is 0 Å². The number of ether oxygens (including phenoxy) is 1. The largest absolute Gasteiger partial charge is 0.497 e. The molecule has 0 saturated carbocycles. The van der Waals surface area contributed by atoms with Crippen LogP contribution in [0.4, 0.5) is 5.69 Å². The van der Waals surface area contributed by atoms with Gasteiger partial charge >= 0.3 is 5.97 Å². The van der Waals surface area contributed by atoms with Crippen LogP contribution in [0.5, 0.6) is 5.75 Å². The second-order valence-corrected chi connectivity index (χ2v) is 5.24. The van der Waals surface area contributed by atoms with Crippen LogP contribution in [-0.2, 0) is 9.59 Å². The van der Waals surface area contributed by atoms with Crippen molar-refractivity contribution in [2.45, 2.75) is 20.8 Å². The van der Waals surface area contributed by atoms with Gasteiger partial charge in [-0.1, -0.05) is 26.8 Å². The fourth-order valence-electron chi connectivity index (χ4n) is 1.60. The van der Waals surface area contributed by atoms with Gasteiger partial charge in [-0.25, -0.2) is 0 Å². The van der Waals surface area contributed by atoms with Crippen LogP contribution in [0, 0.1) is 5.41 Å². The van der Waals surface area contributed by atoms with Gasteiger partial charge in [-0.15, -0.1) is 0 Å². The van der Waals surface area contributed by atoms with E-state index >= 15 is 0 Å². The van der Waals surface area contributed by atoms with E-state index in [1.54, 1.807) is 45.0 Å². The molecule has 5 nitrogen and oxygen atoms in total. The summed E-state index contributed by atoms with van der Waals surface area (Å²) >= 11 is 0. The van der Waals surface area contributed by atoms with Gasteiger partial charge in [0.05, 0.1) is 7.11 Å². The number of nitrogens with zero attached hydrogens (tertiary/aromatic N) is 1. The fourth-order valence-corrected chi connectivity index (χ4v) is 1.60. The van der Waals surface area contributed by atoms with Gasteiger partial charge in [-0.2, -0.15) is 0 Å². The highest BCUT2D eigenvalue weighted by Gasteiger charge is 2.29. The summed E-state index contributed by atoms with van der Waals surface area (Å²) in [4.78, 5) is 24.5. The highest BCUT2D eigenvalue weighted by atomic mass is 16.5. The van der Waals surface area contributed by atoms with E-state index in [0.29, 0.717) is 11.4 Å². The number of carboxylic acids is 1. The second kappa shape index (κ2) is 5.73. The SMILES string of the molecule is COc1cccc(N(CC(=O)O)C(=O)C(C)(C)C)c1. The molecule has 1 aromatic carbocycles. The van der Waals surface area contributed by atoms with Gasteiger partial charge < -0.3 is 14.7 Å². The van der Waals surface area contributed by atoms with E-state index < -0.39 is 11.4 Å². The van der Waals surface area contributed by atoms with E-state index in [-0.39, 0.29) is 12.5 Å². The number of carbonyl (C=O) groups excluding carboxylic acids is 1. The van der Waals surface area contributed by atoms with Gasteiger partial charge in [0, 0.05) is 17.2 Å². The number of rotatable bonds is 4. The third-order valence-electron chi connectivity index (χ3n) is 2.55. The minimum atomic E-state index is -1.06. The molecule has 0 aliphatic heterocycles. The van der Waals surface area contributed by atoms with Crippen LogP contribution in [0.25, 0.3) is 0 Å². The summed E-state index contributed by atoms with van der Waals surface area (Å²) in [6.07, 6.45) is 0. The van der Waals surface area contributed by atoms with Crippen molar-refractivity contribution in [3.05, 3.63) is 24.3 Å². The fraction of sp³-hybridized carbons (Fsp3) is 0.429. The first kappa shape index (κ1) is 15.0. The molecule has 0 heterocycles. The number of methoxy groups -OCH3 is 1. The molecule has 0 aromatic heterocycles.